The number of benzene rings is 3. The molecule has 0 fully saturated rings. The van der Waals surface area contributed by atoms with Gasteiger partial charge in [-0.2, -0.15) is 0 Å². The van der Waals surface area contributed by atoms with Gasteiger partial charge in [-0.15, -0.1) is 10.2 Å². The van der Waals surface area contributed by atoms with Crippen LogP contribution in [0, 0.1) is 0 Å². The SMILES string of the molecule is O=C(Nc1nnc(SCc2cccc3ccccc23)s1)c1cc(Br)ccc1Cl. The summed E-state index contributed by atoms with van der Waals surface area (Å²) in [5.74, 6) is 0.467. The number of amides is 1. The van der Waals surface area contributed by atoms with Crippen LogP contribution in [0.4, 0.5) is 5.13 Å². The van der Waals surface area contributed by atoms with Crippen LogP contribution in [0.3, 0.4) is 0 Å². The number of nitrogens with zero attached hydrogens (tertiary/aromatic N) is 2. The summed E-state index contributed by atoms with van der Waals surface area (Å²) < 4.78 is 1.58. The monoisotopic (exact) mass is 489 g/mol. The zero-order valence-electron chi connectivity index (χ0n) is 14.4. The van der Waals surface area contributed by atoms with Gasteiger partial charge in [-0.05, 0) is 34.5 Å². The Morgan fingerprint density at radius 2 is 1.93 bits per heavy atom. The molecule has 1 amide bonds. The van der Waals surface area contributed by atoms with E-state index in [9.17, 15) is 4.79 Å². The van der Waals surface area contributed by atoms with E-state index in [2.05, 4.69) is 61.8 Å². The van der Waals surface area contributed by atoms with E-state index in [0.717, 1.165) is 14.6 Å². The normalized spacial score (nSPS) is 10.9. The number of rotatable bonds is 5. The van der Waals surface area contributed by atoms with Crippen molar-refractivity contribution in [3.8, 4) is 0 Å². The molecule has 0 spiro atoms. The third-order valence-electron chi connectivity index (χ3n) is 4.03. The van der Waals surface area contributed by atoms with Crippen LogP contribution in [0.25, 0.3) is 10.8 Å². The van der Waals surface area contributed by atoms with E-state index in [1.807, 2.05) is 12.1 Å². The van der Waals surface area contributed by atoms with Crippen LogP contribution in [0.5, 0.6) is 0 Å². The lowest BCUT2D eigenvalue weighted by Crippen LogP contribution is -2.12. The lowest BCUT2D eigenvalue weighted by atomic mass is 10.1. The molecule has 4 rings (SSSR count). The fourth-order valence-corrected chi connectivity index (χ4v) is 5.03. The van der Waals surface area contributed by atoms with Crippen molar-refractivity contribution in [1.29, 1.82) is 0 Å². The second-order valence-corrected chi connectivity index (χ2v) is 9.40. The van der Waals surface area contributed by atoms with Gasteiger partial charge in [0.2, 0.25) is 5.13 Å². The standard InChI is InChI=1S/C20H13BrClN3OS2/c21-14-8-9-17(22)16(10-14)18(26)23-19-24-25-20(28-19)27-11-13-6-3-5-12-4-1-2-7-15(12)13/h1-10H,11H2,(H,23,24,26). The minimum Gasteiger partial charge on any atom is -0.296 e. The number of hydrogen-bond donors (Lipinski definition) is 1. The van der Waals surface area contributed by atoms with Gasteiger partial charge in [0.1, 0.15) is 0 Å². The molecule has 0 aliphatic rings. The fraction of sp³-hybridized carbons (Fsp3) is 0.0500. The molecule has 1 N–H and O–H groups in total. The van der Waals surface area contributed by atoms with Gasteiger partial charge in [0.05, 0.1) is 10.6 Å². The smallest absolute Gasteiger partial charge is 0.259 e. The first kappa shape index (κ1) is 19.4. The molecule has 8 heteroatoms. The summed E-state index contributed by atoms with van der Waals surface area (Å²) in [7, 11) is 0. The molecule has 28 heavy (non-hydrogen) atoms. The van der Waals surface area contributed by atoms with Crippen LogP contribution >= 0.6 is 50.6 Å². The molecule has 0 unspecified atom stereocenters. The predicted octanol–water partition coefficient (Wildman–Crippen LogP) is 6.65. The molecule has 1 heterocycles. The van der Waals surface area contributed by atoms with Gasteiger partial charge in [0, 0.05) is 10.2 Å². The Labute approximate surface area is 183 Å². The highest BCUT2D eigenvalue weighted by Crippen LogP contribution is 2.31. The number of carbonyl (C=O) groups excluding carboxylic acids is 1. The van der Waals surface area contributed by atoms with Crippen molar-refractivity contribution in [2.24, 2.45) is 0 Å². The molecule has 4 aromatic rings. The van der Waals surface area contributed by atoms with Crippen molar-refractivity contribution in [1.82, 2.24) is 10.2 Å². The van der Waals surface area contributed by atoms with Crippen molar-refractivity contribution in [3.63, 3.8) is 0 Å². The Bertz CT molecular complexity index is 1160. The Balaban J connectivity index is 1.44. The molecule has 0 saturated heterocycles. The van der Waals surface area contributed by atoms with E-state index in [4.69, 9.17) is 11.6 Å². The molecule has 0 aliphatic carbocycles. The van der Waals surface area contributed by atoms with E-state index >= 15 is 0 Å². The Kier molecular flexibility index (Phi) is 5.96. The van der Waals surface area contributed by atoms with Crippen LogP contribution in [0.2, 0.25) is 5.02 Å². The lowest BCUT2D eigenvalue weighted by molar-refractivity contribution is 0.102. The number of nitrogens with one attached hydrogen (secondary N) is 1. The fourth-order valence-electron chi connectivity index (χ4n) is 2.71. The lowest BCUT2D eigenvalue weighted by Gasteiger charge is -2.05. The minimum absolute atomic E-state index is 0.312. The minimum atomic E-state index is -0.312. The molecule has 0 saturated carbocycles. The number of halogens is 2. The first-order chi connectivity index (χ1) is 13.6. The van der Waals surface area contributed by atoms with Gasteiger partial charge in [-0.3, -0.25) is 10.1 Å². The zero-order chi connectivity index (χ0) is 19.5. The maximum Gasteiger partial charge on any atom is 0.259 e. The Hall–Kier alpha value is -1.93. The van der Waals surface area contributed by atoms with Crippen LogP contribution in [-0.4, -0.2) is 16.1 Å². The Morgan fingerprint density at radius 3 is 2.82 bits per heavy atom. The van der Waals surface area contributed by atoms with Gasteiger partial charge in [-0.25, -0.2) is 0 Å². The summed E-state index contributed by atoms with van der Waals surface area (Å²) >= 11 is 12.4. The molecule has 0 aliphatic heterocycles. The summed E-state index contributed by atoms with van der Waals surface area (Å²) in [6.07, 6.45) is 0. The molecule has 0 bridgehead atoms. The van der Waals surface area contributed by atoms with Crippen LogP contribution in [0.1, 0.15) is 15.9 Å². The van der Waals surface area contributed by atoms with Gasteiger partial charge < -0.3 is 0 Å². The van der Waals surface area contributed by atoms with Crippen molar-refractivity contribution in [2.45, 2.75) is 10.1 Å². The van der Waals surface area contributed by atoms with Crippen LogP contribution in [-0.2, 0) is 5.75 Å². The second kappa shape index (κ2) is 8.61. The molecule has 3 aromatic carbocycles. The third-order valence-corrected chi connectivity index (χ3v) is 6.87. The number of aromatic nitrogens is 2. The van der Waals surface area contributed by atoms with E-state index in [-0.39, 0.29) is 5.91 Å². The second-order valence-electron chi connectivity index (χ2n) is 5.88. The van der Waals surface area contributed by atoms with E-state index in [1.165, 1.54) is 27.7 Å². The number of carbonyl (C=O) groups is 1. The quantitative estimate of drug-likeness (QED) is 0.251. The average molecular weight is 491 g/mol. The summed E-state index contributed by atoms with van der Waals surface area (Å²) in [5.41, 5.74) is 1.63. The van der Waals surface area contributed by atoms with E-state index in [0.29, 0.717) is 15.7 Å². The van der Waals surface area contributed by atoms with Gasteiger partial charge in [0.15, 0.2) is 4.34 Å². The molecule has 0 atom stereocenters. The van der Waals surface area contributed by atoms with Crippen molar-refractivity contribution in [3.05, 3.63) is 81.3 Å². The van der Waals surface area contributed by atoms with Crippen LogP contribution < -0.4 is 5.32 Å². The predicted molar refractivity (Wildman–Crippen MR) is 121 cm³/mol. The van der Waals surface area contributed by atoms with Crippen molar-refractivity contribution >= 4 is 72.4 Å². The molecule has 0 radical (unpaired) electrons. The summed E-state index contributed by atoms with van der Waals surface area (Å²) in [6.45, 7) is 0. The molecule has 4 nitrogen and oxygen atoms in total. The summed E-state index contributed by atoms with van der Waals surface area (Å²) in [5, 5.41) is 14.3. The third kappa shape index (κ3) is 4.38. The number of anilines is 1. The number of hydrogen-bond acceptors (Lipinski definition) is 5. The number of thioether (sulfide) groups is 1. The molecule has 140 valence electrons. The first-order valence-corrected chi connectivity index (χ1v) is 11.3. The molecular formula is C20H13BrClN3OS2. The summed E-state index contributed by atoms with van der Waals surface area (Å²) in [4.78, 5) is 12.4. The maximum atomic E-state index is 12.4. The highest BCUT2D eigenvalue weighted by Gasteiger charge is 2.14. The first-order valence-electron chi connectivity index (χ1n) is 8.29. The topological polar surface area (TPSA) is 54.9 Å². The summed E-state index contributed by atoms with van der Waals surface area (Å²) in [6, 6.07) is 19.7. The zero-order valence-corrected chi connectivity index (χ0v) is 18.3. The number of fused-ring (bicyclic) bond motifs is 1. The maximum absolute atomic E-state index is 12.4. The van der Waals surface area contributed by atoms with Crippen molar-refractivity contribution < 1.29 is 4.79 Å². The van der Waals surface area contributed by atoms with Gasteiger partial charge >= 0.3 is 0 Å². The van der Waals surface area contributed by atoms with Crippen molar-refractivity contribution in [2.75, 3.05) is 5.32 Å². The molecule has 1 aromatic heterocycles. The largest absolute Gasteiger partial charge is 0.296 e. The van der Waals surface area contributed by atoms with E-state index < -0.39 is 0 Å². The average Bonchev–Trinajstić information content (AvgIpc) is 3.15. The van der Waals surface area contributed by atoms with Gasteiger partial charge in [0.25, 0.3) is 5.91 Å². The molecular weight excluding hydrogens is 478 g/mol. The van der Waals surface area contributed by atoms with Gasteiger partial charge in [-0.1, -0.05) is 93.1 Å². The van der Waals surface area contributed by atoms with E-state index in [1.54, 1.807) is 30.0 Å². The highest BCUT2D eigenvalue weighted by atomic mass is 79.9. The van der Waals surface area contributed by atoms with Crippen LogP contribution in [0.15, 0.2) is 69.5 Å². The Morgan fingerprint density at radius 1 is 1.11 bits per heavy atom. The highest BCUT2D eigenvalue weighted by molar-refractivity contribution is 9.10.